The number of rotatable bonds is 6. The first kappa shape index (κ1) is 13.4. The summed E-state index contributed by atoms with van der Waals surface area (Å²) in [6.45, 7) is 2.83. The first-order valence-electron chi connectivity index (χ1n) is 6.11. The molecule has 0 fully saturated rings. The number of H-pyrrole nitrogens is 1. The maximum atomic E-state index is 5.43. The number of ether oxygens (including phenoxy) is 2. The molecular weight excluding hydrogens is 244 g/mol. The molecule has 2 rings (SSSR count). The first-order chi connectivity index (χ1) is 9.31. The van der Waals surface area contributed by atoms with Gasteiger partial charge in [0.2, 0.25) is 0 Å². The molecule has 6 nitrogen and oxygen atoms in total. The standard InChI is InChI=1S/C13H18N4O2/c1-4-14-13(9-8-15-17-16-9)12-10(18-2)6-5-7-11(12)19-3/h5-8,13-14H,4H2,1-3H3,(H,15,16,17). The van der Waals surface area contributed by atoms with Crippen molar-refractivity contribution in [3.8, 4) is 11.5 Å². The first-order valence-corrected chi connectivity index (χ1v) is 6.11. The molecule has 0 saturated carbocycles. The van der Waals surface area contributed by atoms with Gasteiger partial charge >= 0.3 is 0 Å². The minimum Gasteiger partial charge on any atom is -0.496 e. The molecule has 1 heterocycles. The quantitative estimate of drug-likeness (QED) is 0.826. The van der Waals surface area contributed by atoms with E-state index in [9.17, 15) is 0 Å². The normalized spacial score (nSPS) is 12.2. The Bertz CT molecular complexity index is 491. The number of benzene rings is 1. The van der Waals surface area contributed by atoms with Crippen LogP contribution in [0.25, 0.3) is 0 Å². The number of hydrogen-bond donors (Lipinski definition) is 2. The highest BCUT2D eigenvalue weighted by Crippen LogP contribution is 2.36. The molecule has 0 bridgehead atoms. The summed E-state index contributed by atoms with van der Waals surface area (Å²) in [6.07, 6.45) is 1.69. The summed E-state index contributed by atoms with van der Waals surface area (Å²) in [7, 11) is 3.29. The molecule has 0 aliphatic rings. The van der Waals surface area contributed by atoms with Gasteiger partial charge in [-0.2, -0.15) is 15.4 Å². The van der Waals surface area contributed by atoms with Gasteiger partial charge in [0.25, 0.3) is 0 Å². The van der Waals surface area contributed by atoms with Crippen LogP contribution in [0.5, 0.6) is 11.5 Å². The van der Waals surface area contributed by atoms with Crippen molar-refractivity contribution in [3.05, 3.63) is 35.7 Å². The van der Waals surface area contributed by atoms with Gasteiger partial charge < -0.3 is 14.8 Å². The molecule has 1 atom stereocenters. The topological polar surface area (TPSA) is 72.1 Å². The Kier molecular flexibility index (Phi) is 4.35. The van der Waals surface area contributed by atoms with Crippen molar-refractivity contribution >= 4 is 0 Å². The lowest BCUT2D eigenvalue weighted by molar-refractivity contribution is 0.376. The summed E-state index contributed by atoms with van der Waals surface area (Å²) >= 11 is 0. The number of methoxy groups -OCH3 is 2. The van der Waals surface area contributed by atoms with E-state index in [4.69, 9.17) is 9.47 Å². The third-order valence-corrected chi connectivity index (χ3v) is 2.89. The van der Waals surface area contributed by atoms with Gasteiger partial charge in [0.15, 0.2) is 0 Å². The predicted octanol–water partition coefficient (Wildman–Crippen LogP) is 1.52. The number of aromatic amines is 1. The van der Waals surface area contributed by atoms with Gasteiger partial charge in [-0.05, 0) is 18.7 Å². The molecule has 0 aliphatic carbocycles. The van der Waals surface area contributed by atoms with Crippen molar-refractivity contribution in [3.63, 3.8) is 0 Å². The van der Waals surface area contributed by atoms with E-state index in [1.807, 2.05) is 25.1 Å². The lowest BCUT2D eigenvalue weighted by atomic mass is 10.0. The second-order valence-corrected chi connectivity index (χ2v) is 3.96. The van der Waals surface area contributed by atoms with Crippen LogP contribution < -0.4 is 14.8 Å². The molecule has 1 aromatic carbocycles. The molecule has 6 heteroatoms. The van der Waals surface area contributed by atoms with Crippen molar-refractivity contribution in [1.29, 1.82) is 0 Å². The molecule has 1 unspecified atom stereocenters. The number of hydrogen-bond acceptors (Lipinski definition) is 5. The third-order valence-electron chi connectivity index (χ3n) is 2.89. The maximum Gasteiger partial charge on any atom is 0.127 e. The van der Waals surface area contributed by atoms with E-state index in [1.165, 1.54) is 0 Å². The van der Waals surface area contributed by atoms with Crippen LogP contribution >= 0.6 is 0 Å². The Morgan fingerprint density at radius 1 is 1.26 bits per heavy atom. The second kappa shape index (κ2) is 6.19. The summed E-state index contributed by atoms with van der Waals surface area (Å²) in [5, 5.41) is 14.0. The van der Waals surface area contributed by atoms with E-state index < -0.39 is 0 Å². The van der Waals surface area contributed by atoms with Crippen LogP contribution in [-0.4, -0.2) is 36.2 Å². The van der Waals surface area contributed by atoms with E-state index in [0.29, 0.717) is 0 Å². The van der Waals surface area contributed by atoms with Crippen LogP contribution in [0.15, 0.2) is 24.4 Å². The highest BCUT2D eigenvalue weighted by Gasteiger charge is 2.23. The van der Waals surface area contributed by atoms with Crippen LogP contribution in [0.2, 0.25) is 0 Å². The fraction of sp³-hybridized carbons (Fsp3) is 0.385. The predicted molar refractivity (Wildman–Crippen MR) is 71.4 cm³/mol. The molecule has 1 aromatic heterocycles. The van der Waals surface area contributed by atoms with E-state index >= 15 is 0 Å². The van der Waals surface area contributed by atoms with Crippen LogP contribution in [0.3, 0.4) is 0 Å². The summed E-state index contributed by atoms with van der Waals surface area (Å²) in [5.41, 5.74) is 1.72. The maximum absolute atomic E-state index is 5.43. The Hall–Kier alpha value is -2.08. The minimum absolute atomic E-state index is 0.130. The summed E-state index contributed by atoms with van der Waals surface area (Å²) in [5.74, 6) is 1.52. The fourth-order valence-electron chi connectivity index (χ4n) is 2.07. The minimum atomic E-state index is -0.130. The number of aromatic nitrogens is 3. The Labute approximate surface area is 112 Å². The molecule has 2 aromatic rings. The highest BCUT2D eigenvalue weighted by atomic mass is 16.5. The number of nitrogens with zero attached hydrogens (tertiary/aromatic N) is 2. The van der Waals surface area contributed by atoms with E-state index in [2.05, 4.69) is 20.7 Å². The van der Waals surface area contributed by atoms with Crippen LogP contribution in [0.1, 0.15) is 24.2 Å². The van der Waals surface area contributed by atoms with Crippen LogP contribution in [0.4, 0.5) is 0 Å². The van der Waals surface area contributed by atoms with Gasteiger partial charge in [-0.1, -0.05) is 13.0 Å². The van der Waals surface area contributed by atoms with Crippen molar-refractivity contribution in [2.24, 2.45) is 0 Å². The van der Waals surface area contributed by atoms with Crippen LogP contribution in [-0.2, 0) is 0 Å². The Morgan fingerprint density at radius 3 is 2.42 bits per heavy atom. The molecule has 0 amide bonds. The molecule has 0 radical (unpaired) electrons. The van der Waals surface area contributed by atoms with E-state index in [0.717, 1.165) is 29.3 Å². The zero-order valence-electron chi connectivity index (χ0n) is 11.3. The lowest BCUT2D eigenvalue weighted by Gasteiger charge is -2.21. The molecule has 0 spiro atoms. The average Bonchev–Trinajstić information content (AvgIpc) is 2.98. The summed E-state index contributed by atoms with van der Waals surface area (Å²) in [6, 6.07) is 5.58. The van der Waals surface area contributed by atoms with Gasteiger partial charge in [0, 0.05) is 0 Å². The van der Waals surface area contributed by atoms with Crippen molar-refractivity contribution < 1.29 is 9.47 Å². The Balaban J connectivity index is 2.52. The zero-order chi connectivity index (χ0) is 13.7. The molecule has 19 heavy (non-hydrogen) atoms. The van der Waals surface area contributed by atoms with E-state index in [-0.39, 0.29) is 6.04 Å². The smallest absolute Gasteiger partial charge is 0.127 e. The van der Waals surface area contributed by atoms with Crippen LogP contribution in [0, 0.1) is 0 Å². The average molecular weight is 262 g/mol. The third kappa shape index (κ3) is 2.68. The zero-order valence-corrected chi connectivity index (χ0v) is 11.3. The summed E-state index contributed by atoms with van der Waals surface area (Å²) in [4.78, 5) is 0. The van der Waals surface area contributed by atoms with Crippen molar-refractivity contribution in [2.45, 2.75) is 13.0 Å². The number of nitrogens with one attached hydrogen (secondary N) is 2. The van der Waals surface area contributed by atoms with Gasteiger partial charge in [-0.15, -0.1) is 0 Å². The van der Waals surface area contributed by atoms with Gasteiger partial charge in [0.05, 0.1) is 32.0 Å². The van der Waals surface area contributed by atoms with Gasteiger partial charge in [-0.25, -0.2) is 0 Å². The summed E-state index contributed by atoms with van der Waals surface area (Å²) < 4.78 is 10.9. The fourth-order valence-corrected chi connectivity index (χ4v) is 2.07. The molecule has 102 valence electrons. The van der Waals surface area contributed by atoms with Gasteiger partial charge in [-0.3, -0.25) is 0 Å². The highest BCUT2D eigenvalue weighted by molar-refractivity contribution is 5.49. The monoisotopic (exact) mass is 262 g/mol. The van der Waals surface area contributed by atoms with Crippen molar-refractivity contribution in [1.82, 2.24) is 20.7 Å². The molecular formula is C13H18N4O2. The second-order valence-electron chi connectivity index (χ2n) is 3.96. The van der Waals surface area contributed by atoms with Gasteiger partial charge in [0.1, 0.15) is 17.2 Å². The largest absolute Gasteiger partial charge is 0.496 e. The SMILES string of the molecule is CCNC(c1cn[nH]n1)c1c(OC)cccc1OC. The van der Waals surface area contributed by atoms with E-state index in [1.54, 1.807) is 20.4 Å². The van der Waals surface area contributed by atoms with Crippen molar-refractivity contribution in [2.75, 3.05) is 20.8 Å². The molecule has 0 saturated heterocycles. The lowest BCUT2D eigenvalue weighted by Crippen LogP contribution is -2.23. The molecule has 2 N–H and O–H groups in total. The Morgan fingerprint density at radius 2 is 1.95 bits per heavy atom. The molecule has 0 aliphatic heterocycles.